The molecule has 1 aliphatic heterocycles. The lowest BCUT2D eigenvalue weighted by atomic mass is 9.63. The number of carbonyl (C=O) groups excluding carboxylic acids is 3. The molecule has 5 rings (SSSR count). The van der Waals surface area contributed by atoms with E-state index in [1.54, 1.807) is 6.92 Å². The van der Waals surface area contributed by atoms with Crippen LogP contribution in [0.2, 0.25) is 0 Å². The van der Waals surface area contributed by atoms with Gasteiger partial charge in [-0.3, -0.25) is 14.4 Å². The molecule has 3 aliphatic carbocycles. The molecule has 1 aromatic rings. The third-order valence-electron chi connectivity index (χ3n) is 8.20. The number of carbonyl (C=O) groups is 3. The van der Waals surface area contributed by atoms with Gasteiger partial charge in [-0.25, -0.2) is 0 Å². The first-order valence-corrected chi connectivity index (χ1v) is 12.6. The second kappa shape index (κ2) is 10.9. The van der Waals surface area contributed by atoms with Gasteiger partial charge in [-0.2, -0.15) is 0 Å². The molecule has 6 unspecified atom stereocenters. The average Bonchev–Trinajstić information content (AvgIpc) is 2.90. The Morgan fingerprint density at radius 2 is 1.85 bits per heavy atom. The number of rotatable bonds is 5. The van der Waals surface area contributed by atoms with Crippen molar-refractivity contribution in [3.63, 3.8) is 0 Å². The van der Waals surface area contributed by atoms with Gasteiger partial charge in [0.1, 0.15) is 29.5 Å². The number of fused-ring (bicyclic) bond motifs is 3. The number of ketones is 3. The molecule has 0 radical (unpaired) electrons. The zero-order valence-corrected chi connectivity index (χ0v) is 22.5. The largest absolute Gasteiger partial charge is 1.00 e. The molecule has 7 N–H and O–H groups in total. The molecule has 8 atom stereocenters. The summed E-state index contributed by atoms with van der Waals surface area (Å²) in [6.07, 6.45) is -4.99. The normalized spacial score (nSPS) is 35.4. The Hall–Kier alpha value is -2.84. The van der Waals surface area contributed by atoms with Crippen LogP contribution in [0, 0.1) is 11.8 Å². The SMILES string of the molecule is COc1cccc2c1C(=O)C1C(O)=C3C(=C(O)C1C2=O)C[C@@](O)(C(=O)CO)C[C@@H]3OC1CC(N)C(O)C(C)O1.[Cl-]. The lowest BCUT2D eigenvalue weighted by Gasteiger charge is -2.45. The summed E-state index contributed by atoms with van der Waals surface area (Å²) >= 11 is 0. The summed E-state index contributed by atoms with van der Waals surface area (Å²) < 4.78 is 17.0. The fraction of sp³-hybridized carbons (Fsp3) is 0.519. The first kappa shape index (κ1) is 30.1. The number of hydrogen-bond acceptors (Lipinski definition) is 12. The van der Waals surface area contributed by atoms with Crippen molar-refractivity contribution in [3.05, 3.63) is 52.0 Å². The molecule has 1 heterocycles. The standard InChI is InChI=1S/C27H31NO11.ClH/c1-10-22(31)13(28)6-17(38-10)39-15-8-27(36,16(30)9-29)7-12-19(15)26(35)21-20(24(12)33)23(32)11-4-3-5-14(37-2)18(11)25(21)34;/h3-5,10,13,15,17,20-22,29,31,33,35-36H,6-9,28H2,1-2H3;1H/p-1/t10?,13?,15-,17?,20?,21?,22?,27-;/m0./s1. The van der Waals surface area contributed by atoms with E-state index >= 15 is 0 Å². The first-order valence-electron chi connectivity index (χ1n) is 12.6. The van der Waals surface area contributed by atoms with Gasteiger partial charge in [0.05, 0.1) is 42.8 Å². The van der Waals surface area contributed by atoms with E-state index in [0.717, 1.165) is 0 Å². The highest BCUT2D eigenvalue weighted by Gasteiger charge is 2.56. The van der Waals surface area contributed by atoms with E-state index in [9.17, 15) is 39.9 Å². The molecule has 12 nitrogen and oxygen atoms in total. The maximum Gasteiger partial charge on any atom is 0.190 e. The van der Waals surface area contributed by atoms with E-state index in [1.807, 2.05) is 0 Å². The van der Waals surface area contributed by atoms with Crippen LogP contribution in [0.3, 0.4) is 0 Å². The minimum atomic E-state index is -2.22. The molecule has 13 heteroatoms. The van der Waals surface area contributed by atoms with E-state index in [1.165, 1.54) is 25.3 Å². The summed E-state index contributed by atoms with van der Waals surface area (Å²) in [5, 5.41) is 53.8. The maximum atomic E-state index is 13.7. The number of methoxy groups -OCH3 is 1. The van der Waals surface area contributed by atoms with Gasteiger partial charge >= 0.3 is 0 Å². The molecule has 0 amide bonds. The molecule has 40 heavy (non-hydrogen) atoms. The van der Waals surface area contributed by atoms with Crippen molar-refractivity contribution in [3.8, 4) is 5.75 Å². The Balaban J connectivity index is 0.00000370. The lowest BCUT2D eigenvalue weighted by molar-refractivity contribution is -0.240. The van der Waals surface area contributed by atoms with Crippen molar-refractivity contribution in [2.45, 2.75) is 62.4 Å². The maximum absolute atomic E-state index is 13.7. The molecule has 1 aromatic carbocycles. The third-order valence-corrected chi connectivity index (χ3v) is 8.20. The van der Waals surface area contributed by atoms with Gasteiger partial charge in [-0.15, -0.1) is 0 Å². The summed E-state index contributed by atoms with van der Waals surface area (Å²) in [5.41, 5.74) is 3.58. The third kappa shape index (κ3) is 4.53. The highest BCUT2D eigenvalue weighted by Crippen LogP contribution is 2.51. The molecular formula is C27H31ClNO11-. The van der Waals surface area contributed by atoms with Gasteiger partial charge in [-0.1, -0.05) is 12.1 Å². The molecule has 1 saturated carbocycles. The number of halogens is 1. The summed E-state index contributed by atoms with van der Waals surface area (Å²) in [4.78, 5) is 39.9. The van der Waals surface area contributed by atoms with Gasteiger partial charge in [0, 0.05) is 42.0 Å². The first-order chi connectivity index (χ1) is 18.4. The summed E-state index contributed by atoms with van der Waals surface area (Å²) in [6.45, 7) is 0.579. The van der Waals surface area contributed by atoms with Crippen LogP contribution in [0.1, 0.15) is 46.9 Å². The zero-order valence-electron chi connectivity index (χ0n) is 21.7. The van der Waals surface area contributed by atoms with Crippen LogP contribution in [-0.2, 0) is 14.3 Å². The predicted molar refractivity (Wildman–Crippen MR) is 132 cm³/mol. The van der Waals surface area contributed by atoms with Crippen molar-refractivity contribution in [1.82, 2.24) is 0 Å². The molecule has 0 spiro atoms. The molecule has 0 aromatic heterocycles. The minimum Gasteiger partial charge on any atom is -1.00 e. The van der Waals surface area contributed by atoms with Crippen molar-refractivity contribution >= 4 is 17.3 Å². The van der Waals surface area contributed by atoms with Crippen LogP contribution >= 0.6 is 0 Å². The fourth-order valence-electron chi connectivity index (χ4n) is 6.15. The smallest absolute Gasteiger partial charge is 0.190 e. The minimum absolute atomic E-state index is 0. The van der Waals surface area contributed by atoms with Gasteiger partial charge in [0.2, 0.25) is 0 Å². The van der Waals surface area contributed by atoms with Gasteiger partial charge < -0.3 is 57.9 Å². The molecule has 4 aliphatic rings. The predicted octanol–water partition coefficient (Wildman–Crippen LogP) is -2.76. The Morgan fingerprint density at radius 1 is 1.18 bits per heavy atom. The van der Waals surface area contributed by atoms with Crippen LogP contribution < -0.4 is 22.9 Å². The summed E-state index contributed by atoms with van der Waals surface area (Å²) in [5.74, 6) is -6.24. The fourth-order valence-corrected chi connectivity index (χ4v) is 6.15. The van der Waals surface area contributed by atoms with Crippen molar-refractivity contribution in [2.24, 2.45) is 17.6 Å². The molecule has 1 saturated heterocycles. The number of nitrogens with two attached hydrogens (primary N) is 1. The van der Waals surface area contributed by atoms with E-state index in [2.05, 4.69) is 0 Å². The second-order valence-corrected chi connectivity index (χ2v) is 10.5. The number of hydrogen-bond donors (Lipinski definition) is 6. The molecule has 218 valence electrons. The number of ether oxygens (including phenoxy) is 3. The Kier molecular flexibility index (Phi) is 8.18. The van der Waals surface area contributed by atoms with E-state index in [-0.39, 0.29) is 46.9 Å². The van der Waals surface area contributed by atoms with Crippen LogP contribution in [0.5, 0.6) is 5.75 Å². The molecule has 2 fully saturated rings. The topological polar surface area (TPSA) is 206 Å². The number of benzene rings is 1. The number of allylic oxidation sites excluding steroid dienone is 2. The monoisotopic (exact) mass is 580 g/mol. The van der Waals surface area contributed by atoms with Crippen molar-refractivity contribution < 1.29 is 66.5 Å². The average molecular weight is 581 g/mol. The zero-order chi connectivity index (χ0) is 28.4. The Bertz CT molecular complexity index is 1300. The number of aliphatic hydroxyl groups is 5. The highest BCUT2D eigenvalue weighted by atomic mass is 35.5. The highest BCUT2D eigenvalue weighted by molar-refractivity contribution is 6.19. The van der Waals surface area contributed by atoms with Gasteiger partial charge in [0.15, 0.2) is 23.6 Å². The lowest BCUT2D eigenvalue weighted by Crippen LogP contribution is -3.00. The van der Waals surface area contributed by atoms with Crippen LogP contribution in [0.15, 0.2) is 40.9 Å². The van der Waals surface area contributed by atoms with Gasteiger partial charge in [0.25, 0.3) is 0 Å². The number of aliphatic hydroxyl groups excluding tert-OH is 4. The molecule has 0 bridgehead atoms. The van der Waals surface area contributed by atoms with Crippen molar-refractivity contribution in [1.29, 1.82) is 0 Å². The summed E-state index contributed by atoms with van der Waals surface area (Å²) in [6, 6.07) is 3.72. The number of Topliss-reactive ketones (excluding diaryl/α,β-unsaturated/α-hetero) is 3. The van der Waals surface area contributed by atoms with Crippen LogP contribution in [0.4, 0.5) is 0 Å². The van der Waals surface area contributed by atoms with Crippen LogP contribution in [-0.4, -0.2) is 92.8 Å². The van der Waals surface area contributed by atoms with Gasteiger partial charge in [-0.05, 0) is 13.0 Å². The Labute approximate surface area is 235 Å². The van der Waals surface area contributed by atoms with Crippen LogP contribution in [0.25, 0.3) is 0 Å². The summed E-state index contributed by atoms with van der Waals surface area (Å²) in [7, 11) is 1.34. The van der Waals surface area contributed by atoms with E-state index < -0.39 is 96.4 Å². The van der Waals surface area contributed by atoms with Crippen molar-refractivity contribution in [2.75, 3.05) is 13.7 Å². The van der Waals surface area contributed by atoms with E-state index in [0.29, 0.717) is 0 Å². The quantitative estimate of drug-likeness (QED) is 0.209. The Morgan fingerprint density at radius 3 is 2.48 bits per heavy atom. The molecular weight excluding hydrogens is 550 g/mol. The van der Waals surface area contributed by atoms with E-state index in [4.69, 9.17) is 19.9 Å². The second-order valence-electron chi connectivity index (χ2n) is 10.5.